The van der Waals surface area contributed by atoms with Crippen molar-refractivity contribution in [2.75, 3.05) is 6.54 Å². The standard InChI is InChI=1S/C16H31N/c1-3-12-17-15-9-11-16(2,13-15)10-8-14-6-4-5-7-14/h14-15,17H,3-13H2,1-2H3. The molecule has 0 heterocycles. The largest absolute Gasteiger partial charge is 0.314 e. The monoisotopic (exact) mass is 237 g/mol. The molecule has 0 saturated heterocycles. The zero-order valence-corrected chi connectivity index (χ0v) is 11.9. The lowest BCUT2D eigenvalue weighted by atomic mass is 9.81. The fourth-order valence-corrected chi connectivity index (χ4v) is 3.92. The van der Waals surface area contributed by atoms with Crippen LogP contribution in [0.4, 0.5) is 0 Å². The minimum atomic E-state index is 0.661. The third kappa shape index (κ3) is 3.98. The van der Waals surface area contributed by atoms with Crippen molar-refractivity contribution in [1.82, 2.24) is 5.32 Å². The van der Waals surface area contributed by atoms with E-state index in [1.54, 1.807) is 0 Å². The van der Waals surface area contributed by atoms with E-state index >= 15 is 0 Å². The molecule has 2 aliphatic rings. The second-order valence-electron chi connectivity index (χ2n) is 6.89. The lowest BCUT2D eigenvalue weighted by Gasteiger charge is -2.26. The summed E-state index contributed by atoms with van der Waals surface area (Å²) in [5, 5.41) is 3.71. The van der Waals surface area contributed by atoms with Crippen molar-refractivity contribution >= 4 is 0 Å². The molecule has 0 aliphatic heterocycles. The molecule has 2 saturated carbocycles. The van der Waals surface area contributed by atoms with E-state index in [9.17, 15) is 0 Å². The molecular formula is C16H31N. The van der Waals surface area contributed by atoms with Gasteiger partial charge < -0.3 is 5.32 Å². The van der Waals surface area contributed by atoms with Crippen LogP contribution in [0.15, 0.2) is 0 Å². The number of nitrogens with one attached hydrogen (secondary N) is 1. The van der Waals surface area contributed by atoms with Crippen LogP contribution < -0.4 is 5.32 Å². The van der Waals surface area contributed by atoms with Gasteiger partial charge in [0.25, 0.3) is 0 Å². The molecule has 2 unspecified atom stereocenters. The highest BCUT2D eigenvalue weighted by Gasteiger charge is 2.34. The Morgan fingerprint density at radius 1 is 1.18 bits per heavy atom. The molecule has 2 rings (SSSR count). The van der Waals surface area contributed by atoms with E-state index in [0.717, 1.165) is 12.0 Å². The van der Waals surface area contributed by atoms with Crippen LogP contribution in [0.5, 0.6) is 0 Å². The van der Waals surface area contributed by atoms with Crippen LogP contribution in [0.3, 0.4) is 0 Å². The molecule has 2 aliphatic carbocycles. The quantitative estimate of drug-likeness (QED) is 0.716. The first kappa shape index (κ1) is 13.4. The molecule has 0 aromatic carbocycles. The summed E-state index contributed by atoms with van der Waals surface area (Å²) in [5.74, 6) is 1.08. The third-order valence-electron chi connectivity index (χ3n) is 5.15. The van der Waals surface area contributed by atoms with Crippen molar-refractivity contribution in [3.05, 3.63) is 0 Å². The molecule has 2 fully saturated rings. The average molecular weight is 237 g/mol. The SMILES string of the molecule is CCCNC1CCC(C)(CCC2CCCC2)C1. The predicted octanol–water partition coefficient (Wildman–Crippen LogP) is 4.52. The van der Waals surface area contributed by atoms with E-state index in [0.29, 0.717) is 5.41 Å². The Bertz CT molecular complexity index is 220. The maximum atomic E-state index is 3.71. The average Bonchev–Trinajstić information content (AvgIpc) is 2.94. The minimum absolute atomic E-state index is 0.661. The number of hydrogen-bond donors (Lipinski definition) is 1. The Morgan fingerprint density at radius 2 is 1.94 bits per heavy atom. The van der Waals surface area contributed by atoms with E-state index in [-0.39, 0.29) is 0 Å². The fraction of sp³-hybridized carbons (Fsp3) is 1.00. The van der Waals surface area contributed by atoms with Crippen LogP contribution in [0.1, 0.15) is 78.1 Å². The summed E-state index contributed by atoms with van der Waals surface area (Å²) in [7, 11) is 0. The van der Waals surface area contributed by atoms with Gasteiger partial charge in [0.05, 0.1) is 0 Å². The molecule has 0 aromatic rings. The van der Waals surface area contributed by atoms with Gasteiger partial charge in [0, 0.05) is 6.04 Å². The summed E-state index contributed by atoms with van der Waals surface area (Å²) in [6.45, 7) is 6.01. The highest BCUT2D eigenvalue weighted by molar-refractivity contribution is 4.89. The molecule has 1 nitrogen and oxygen atoms in total. The van der Waals surface area contributed by atoms with Gasteiger partial charge in [0.15, 0.2) is 0 Å². The zero-order valence-electron chi connectivity index (χ0n) is 11.9. The molecule has 1 N–H and O–H groups in total. The summed E-state index contributed by atoms with van der Waals surface area (Å²) >= 11 is 0. The fourth-order valence-electron chi connectivity index (χ4n) is 3.92. The lowest BCUT2D eigenvalue weighted by molar-refractivity contribution is 0.265. The second-order valence-corrected chi connectivity index (χ2v) is 6.89. The smallest absolute Gasteiger partial charge is 0.00724 e. The van der Waals surface area contributed by atoms with Crippen molar-refractivity contribution in [2.24, 2.45) is 11.3 Å². The Morgan fingerprint density at radius 3 is 2.65 bits per heavy atom. The molecule has 0 bridgehead atoms. The topological polar surface area (TPSA) is 12.0 Å². The van der Waals surface area contributed by atoms with Crippen LogP contribution >= 0.6 is 0 Å². The van der Waals surface area contributed by atoms with Gasteiger partial charge in [-0.3, -0.25) is 0 Å². The van der Waals surface area contributed by atoms with Gasteiger partial charge in [0.1, 0.15) is 0 Å². The summed E-state index contributed by atoms with van der Waals surface area (Å²) in [4.78, 5) is 0. The van der Waals surface area contributed by atoms with Crippen LogP contribution in [-0.4, -0.2) is 12.6 Å². The first-order valence-electron chi connectivity index (χ1n) is 7.95. The maximum Gasteiger partial charge on any atom is 0.00724 e. The lowest BCUT2D eigenvalue weighted by Crippen LogP contribution is -2.28. The molecular weight excluding hydrogens is 206 g/mol. The van der Waals surface area contributed by atoms with Crippen LogP contribution in [-0.2, 0) is 0 Å². The first-order chi connectivity index (χ1) is 8.22. The number of rotatable bonds is 6. The van der Waals surface area contributed by atoms with E-state index in [1.165, 1.54) is 70.8 Å². The first-order valence-corrected chi connectivity index (χ1v) is 7.95. The van der Waals surface area contributed by atoms with Crippen molar-refractivity contribution in [2.45, 2.75) is 84.1 Å². The molecule has 0 aromatic heterocycles. The van der Waals surface area contributed by atoms with E-state index in [4.69, 9.17) is 0 Å². The van der Waals surface area contributed by atoms with Gasteiger partial charge in [0.2, 0.25) is 0 Å². The van der Waals surface area contributed by atoms with Gasteiger partial charge >= 0.3 is 0 Å². The van der Waals surface area contributed by atoms with Crippen molar-refractivity contribution in [1.29, 1.82) is 0 Å². The Hall–Kier alpha value is -0.0400. The Balaban J connectivity index is 1.68. The molecule has 0 spiro atoms. The Kier molecular flexibility index (Phi) is 4.90. The van der Waals surface area contributed by atoms with Gasteiger partial charge in [-0.1, -0.05) is 39.5 Å². The molecule has 0 amide bonds. The van der Waals surface area contributed by atoms with E-state index in [2.05, 4.69) is 19.2 Å². The molecule has 100 valence electrons. The maximum absolute atomic E-state index is 3.71. The van der Waals surface area contributed by atoms with E-state index in [1.807, 2.05) is 0 Å². The van der Waals surface area contributed by atoms with E-state index < -0.39 is 0 Å². The van der Waals surface area contributed by atoms with Crippen LogP contribution in [0.25, 0.3) is 0 Å². The van der Waals surface area contributed by atoms with Crippen LogP contribution in [0, 0.1) is 11.3 Å². The second kappa shape index (κ2) is 6.22. The number of hydrogen-bond acceptors (Lipinski definition) is 1. The normalized spacial score (nSPS) is 34.6. The summed E-state index contributed by atoms with van der Waals surface area (Å²) in [6.07, 6.45) is 14.6. The molecule has 1 heteroatoms. The van der Waals surface area contributed by atoms with Gasteiger partial charge in [-0.05, 0) is 56.4 Å². The van der Waals surface area contributed by atoms with Gasteiger partial charge in [-0.15, -0.1) is 0 Å². The Labute approximate surface area is 108 Å². The van der Waals surface area contributed by atoms with Gasteiger partial charge in [-0.2, -0.15) is 0 Å². The predicted molar refractivity (Wildman–Crippen MR) is 75.2 cm³/mol. The minimum Gasteiger partial charge on any atom is -0.314 e. The molecule has 17 heavy (non-hydrogen) atoms. The summed E-state index contributed by atoms with van der Waals surface area (Å²) in [6, 6.07) is 0.823. The molecule has 2 atom stereocenters. The summed E-state index contributed by atoms with van der Waals surface area (Å²) < 4.78 is 0. The molecule has 0 radical (unpaired) electrons. The summed E-state index contributed by atoms with van der Waals surface area (Å²) in [5.41, 5.74) is 0.661. The zero-order chi connectivity index (χ0) is 12.1. The highest BCUT2D eigenvalue weighted by atomic mass is 14.9. The van der Waals surface area contributed by atoms with Crippen molar-refractivity contribution < 1.29 is 0 Å². The van der Waals surface area contributed by atoms with Crippen LogP contribution in [0.2, 0.25) is 0 Å². The van der Waals surface area contributed by atoms with Crippen molar-refractivity contribution in [3.8, 4) is 0 Å². The highest BCUT2D eigenvalue weighted by Crippen LogP contribution is 2.43. The van der Waals surface area contributed by atoms with Crippen molar-refractivity contribution in [3.63, 3.8) is 0 Å². The third-order valence-corrected chi connectivity index (χ3v) is 5.15. The van der Waals surface area contributed by atoms with Gasteiger partial charge in [-0.25, -0.2) is 0 Å².